The highest BCUT2D eigenvalue weighted by Crippen LogP contribution is 2.32. The Morgan fingerprint density at radius 1 is 1.39 bits per heavy atom. The van der Waals surface area contributed by atoms with Crippen LogP contribution in [-0.4, -0.2) is 24.3 Å². The van der Waals surface area contributed by atoms with Crippen LogP contribution in [0.15, 0.2) is 18.2 Å². The zero-order valence-electron chi connectivity index (χ0n) is 13.8. The normalized spacial score (nSPS) is 16.0. The van der Waals surface area contributed by atoms with Gasteiger partial charge in [0.05, 0.1) is 0 Å². The molecule has 1 unspecified atom stereocenters. The number of hydrogen-bond acceptors (Lipinski definition) is 3. The lowest BCUT2D eigenvalue weighted by atomic mass is 10.1. The molecule has 23 heavy (non-hydrogen) atoms. The van der Waals surface area contributed by atoms with E-state index in [0.29, 0.717) is 24.0 Å². The second-order valence-electron chi connectivity index (χ2n) is 6.99. The summed E-state index contributed by atoms with van der Waals surface area (Å²) >= 11 is 5.86. The number of halogens is 2. The number of benzene rings is 1. The van der Waals surface area contributed by atoms with Gasteiger partial charge in [-0.15, -0.1) is 0 Å². The average molecular weight is 343 g/mol. The van der Waals surface area contributed by atoms with Crippen molar-refractivity contribution in [3.8, 4) is 0 Å². The maximum Gasteiger partial charge on any atom is 0.407 e. The fourth-order valence-corrected chi connectivity index (χ4v) is 2.62. The molecule has 1 aromatic carbocycles. The lowest BCUT2D eigenvalue weighted by molar-refractivity contribution is 0.0521. The van der Waals surface area contributed by atoms with E-state index >= 15 is 0 Å². The summed E-state index contributed by atoms with van der Waals surface area (Å²) in [5.41, 5.74) is 0.281. The first kappa shape index (κ1) is 18.0. The zero-order chi connectivity index (χ0) is 17.0. The molecule has 0 bridgehead atoms. The molecule has 1 aliphatic carbocycles. The molecule has 1 aromatic rings. The Morgan fingerprint density at radius 3 is 2.65 bits per heavy atom. The van der Waals surface area contributed by atoms with E-state index in [1.165, 1.54) is 12.1 Å². The smallest absolute Gasteiger partial charge is 0.407 e. The van der Waals surface area contributed by atoms with E-state index < -0.39 is 11.7 Å². The first-order valence-electron chi connectivity index (χ1n) is 7.88. The van der Waals surface area contributed by atoms with Crippen LogP contribution in [0.3, 0.4) is 0 Å². The third kappa shape index (κ3) is 6.75. The summed E-state index contributed by atoms with van der Waals surface area (Å²) in [4.78, 5) is 11.7. The van der Waals surface area contributed by atoms with Gasteiger partial charge in [0.2, 0.25) is 0 Å². The maximum atomic E-state index is 13.3. The highest BCUT2D eigenvalue weighted by Gasteiger charge is 2.31. The summed E-state index contributed by atoms with van der Waals surface area (Å²) in [7, 11) is 0. The summed E-state index contributed by atoms with van der Waals surface area (Å²) < 4.78 is 18.6. The lowest BCUT2D eigenvalue weighted by Crippen LogP contribution is -2.43. The van der Waals surface area contributed by atoms with Crippen molar-refractivity contribution in [1.29, 1.82) is 0 Å². The molecule has 0 heterocycles. The second kappa shape index (κ2) is 7.49. The van der Waals surface area contributed by atoms with Gasteiger partial charge in [0.15, 0.2) is 0 Å². The van der Waals surface area contributed by atoms with E-state index in [0.717, 1.165) is 18.4 Å². The Balaban J connectivity index is 1.83. The maximum absolute atomic E-state index is 13.3. The molecule has 1 aliphatic rings. The van der Waals surface area contributed by atoms with Crippen LogP contribution in [0.1, 0.15) is 39.2 Å². The van der Waals surface area contributed by atoms with Crippen LogP contribution in [-0.2, 0) is 11.3 Å². The van der Waals surface area contributed by atoms with E-state index in [2.05, 4.69) is 10.6 Å². The molecule has 0 aromatic heterocycles. The molecular weight excluding hydrogens is 319 g/mol. The van der Waals surface area contributed by atoms with Crippen LogP contribution < -0.4 is 10.6 Å². The largest absolute Gasteiger partial charge is 0.444 e. The molecule has 128 valence electrons. The molecule has 1 atom stereocenters. The summed E-state index contributed by atoms with van der Waals surface area (Å²) in [6, 6.07) is 4.63. The number of carbonyl (C=O) groups excluding carboxylic acids is 1. The topological polar surface area (TPSA) is 50.4 Å². The fraction of sp³-hybridized carbons (Fsp3) is 0.588. The van der Waals surface area contributed by atoms with E-state index in [9.17, 15) is 9.18 Å². The van der Waals surface area contributed by atoms with Crippen LogP contribution in [0, 0.1) is 11.7 Å². The summed E-state index contributed by atoms with van der Waals surface area (Å²) in [5, 5.41) is 6.56. The molecule has 0 radical (unpaired) electrons. The van der Waals surface area contributed by atoms with Crippen LogP contribution >= 0.6 is 11.6 Å². The molecule has 2 N–H and O–H groups in total. The highest BCUT2D eigenvalue weighted by molar-refractivity contribution is 6.30. The van der Waals surface area contributed by atoms with Gasteiger partial charge in [0, 0.05) is 24.2 Å². The minimum Gasteiger partial charge on any atom is -0.444 e. The minimum absolute atomic E-state index is 0.143. The van der Waals surface area contributed by atoms with E-state index in [-0.39, 0.29) is 11.9 Å². The monoisotopic (exact) mass is 342 g/mol. The van der Waals surface area contributed by atoms with Crippen molar-refractivity contribution in [2.75, 3.05) is 6.54 Å². The molecule has 6 heteroatoms. The standard InChI is InChI=1S/C17H24ClFN2O2/c1-17(2,3)23-16(22)21-10-15(12-4-5-12)20-9-11-6-13(18)8-14(19)7-11/h6-8,12,15,20H,4-5,9-10H2,1-3H3,(H,21,22). The third-order valence-corrected chi connectivity index (χ3v) is 3.77. The third-order valence-electron chi connectivity index (χ3n) is 3.55. The van der Waals surface area contributed by atoms with Crippen molar-refractivity contribution in [2.45, 2.75) is 51.8 Å². The SMILES string of the molecule is CC(C)(C)OC(=O)NCC(NCc1cc(F)cc(Cl)c1)C1CC1. The first-order valence-corrected chi connectivity index (χ1v) is 8.26. The van der Waals surface area contributed by atoms with Crippen LogP contribution in [0.5, 0.6) is 0 Å². The van der Waals surface area contributed by atoms with Crippen LogP contribution in [0.2, 0.25) is 5.02 Å². The van der Waals surface area contributed by atoms with E-state index in [4.69, 9.17) is 16.3 Å². The van der Waals surface area contributed by atoms with Crippen molar-refractivity contribution >= 4 is 17.7 Å². The van der Waals surface area contributed by atoms with Gasteiger partial charge in [0.25, 0.3) is 0 Å². The quantitative estimate of drug-likeness (QED) is 0.825. The number of rotatable bonds is 6. The molecule has 1 saturated carbocycles. The fourth-order valence-electron chi connectivity index (χ4n) is 2.37. The van der Waals surface area contributed by atoms with Crippen molar-refractivity contribution in [1.82, 2.24) is 10.6 Å². The predicted octanol–water partition coefficient (Wildman–Crippen LogP) is 3.87. The number of hydrogen-bond donors (Lipinski definition) is 2. The van der Waals surface area contributed by atoms with Crippen LogP contribution in [0.25, 0.3) is 0 Å². The number of carbonyl (C=O) groups is 1. The molecule has 2 rings (SSSR count). The Labute approximate surface area is 141 Å². The number of ether oxygens (including phenoxy) is 1. The molecule has 0 aliphatic heterocycles. The minimum atomic E-state index is -0.509. The average Bonchev–Trinajstić information content (AvgIpc) is 3.19. The van der Waals surface area contributed by atoms with E-state index in [1.54, 1.807) is 6.07 Å². The van der Waals surface area contributed by atoms with Gasteiger partial charge in [0.1, 0.15) is 11.4 Å². The van der Waals surface area contributed by atoms with Crippen molar-refractivity contribution < 1.29 is 13.9 Å². The Bertz CT molecular complexity index is 536. The molecule has 0 spiro atoms. The Hall–Kier alpha value is -1.33. The van der Waals surface area contributed by atoms with Crippen molar-refractivity contribution in [3.05, 3.63) is 34.6 Å². The number of amides is 1. The van der Waals surface area contributed by atoms with Gasteiger partial charge in [-0.25, -0.2) is 9.18 Å². The molecule has 4 nitrogen and oxygen atoms in total. The molecule has 0 saturated heterocycles. The molecule has 1 amide bonds. The summed E-state index contributed by atoms with van der Waals surface area (Å²) in [6.45, 7) is 6.49. The molecular formula is C17H24ClFN2O2. The van der Waals surface area contributed by atoms with E-state index in [1.807, 2.05) is 20.8 Å². The van der Waals surface area contributed by atoms with Gasteiger partial charge in [-0.05, 0) is 63.3 Å². The Morgan fingerprint density at radius 2 is 2.09 bits per heavy atom. The number of alkyl carbamates (subject to hydrolysis) is 1. The predicted molar refractivity (Wildman–Crippen MR) is 89.0 cm³/mol. The van der Waals surface area contributed by atoms with Crippen LogP contribution in [0.4, 0.5) is 9.18 Å². The second-order valence-corrected chi connectivity index (χ2v) is 7.42. The highest BCUT2D eigenvalue weighted by atomic mass is 35.5. The number of nitrogens with one attached hydrogen (secondary N) is 2. The van der Waals surface area contributed by atoms with Crippen molar-refractivity contribution in [3.63, 3.8) is 0 Å². The van der Waals surface area contributed by atoms with Gasteiger partial charge >= 0.3 is 6.09 Å². The Kier molecular flexibility index (Phi) is 5.87. The summed E-state index contributed by atoms with van der Waals surface area (Å²) in [5.74, 6) is 0.193. The summed E-state index contributed by atoms with van der Waals surface area (Å²) in [6.07, 6.45) is 1.86. The lowest BCUT2D eigenvalue weighted by Gasteiger charge is -2.22. The molecule has 1 fully saturated rings. The van der Waals surface area contributed by atoms with Gasteiger partial charge in [-0.2, -0.15) is 0 Å². The first-order chi connectivity index (χ1) is 10.7. The van der Waals surface area contributed by atoms with Gasteiger partial charge in [-0.1, -0.05) is 11.6 Å². The van der Waals surface area contributed by atoms with Crippen molar-refractivity contribution in [2.24, 2.45) is 5.92 Å². The zero-order valence-corrected chi connectivity index (χ0v) is 14.5. The van der Waals surface area contributed by atoms with Gasteiger partial charge < -0.3 is 15.4 Å². The van der Waals surface area contributed by atoms with Gasteiger partial charge in [-0.3, -0.25) is 0 Å².